The Morgan fingerprint density at radius 3 is 2.62 bits per heavy atom. The summed E-state index contributed by atoms with van der Waals surface area (Å²) in [6.45, 7) is 1.63. The highest BCUT2D eigenvalue weighted by atomic mass is 32.1. The van der Waals surface area contributed by atoms with E-state index in [9.17, 15) is 14.4 Å². The molecule has 0 saturated heterocycles. The zero-order valence-electron chi connectivity index (χ0n) is 19.7. The Bertz CT molecular complexity index is 1040. The number of anilines is 2. The van der Waals surface area contributed by atoms with E-state index in [0.717, 1.165) is 37.1 Å². The zero-order valence-corrected chi connectivity index (χ0v) is 20.5. The topological polar surface area (TPSA) is 99.8 Å². The molecule has 1 fully saturated rings. The fourth-order valence-corrected chi connectivity index (χ4v) is 5.30. The molecule has 8 nitrogen and oxygen atoms in total. The summed E-state index contributed by atoms with van der Waals surface area (Å²) in [6, 6.07) is 9.42. The van der Waals surface area contributed by atoms with Crippen LogP contribution in [0.25, 0.3) is 0 Å². The van der Waals surface area contributed by atoms with Crippen molar-refractivity contribution in [3.05, 3.63) is 46.2 Å². The van der Waals surface area contributed by atoms with Crippen molar-refractivity contribution in [3.63, 3.8) is 0 Å². The average Bonchev–Trinajstić information content (AvgIpc) is 3.49. The molecule has 1 aliphatic heterocycles. The maximum atomic E-state index is 13.2. The normalized spacial score (nSPS) is 19.5. The van der Waals surface area contributed by atoms with Gasteiger partial charge in [0.15, 0.2) is 5.79 Å². The number of amides is 2. The quantitative estimate of drug-likeness (QED) is 0.379. The van der Waals surface area contributed by atoms with Crippen LogP contribution in [0.15, 0.2) is 35.7 Å². The number of thiophene rings is 1. The number of hydrogen-bond acceptors (Lipinski definition) is 7. The minimum Gasteiger partial charge on any atom is -0.466 e. The molecule has 4 rings (SSSR count). The van der Waals surface area contributed by atoms with Crippen LogP contribution in [-0.4, -0.2) is 48.2 Å². The molecular formula is C25H32N4O4S. The van der Waals surface area contributed by atoms with Gasteiger partial charge in [-0.3, -0.25) is 14.4 Å². The van der Waals surface area contributed by atoms with Crippen LogP contribution in [0.1, 0.15) is 71.9 Å². The van der Waals surface area contributed by atoms with E-state index in [-0.39, 0.29) is 30.4 Å². The number of fused-ring (bicyclic) bond motifs is 1. The van der Waals surface area contributed by atoms with Gasteiger partial charge in [0.05, 0.1) is 22.9 Å². The lowest BCUT2D eigenvalue weighted by Crippen LogP contribution is -2.57. The highest BCUT2D eigenvalue weighted by Crippen LogP contribution is 2.36. The number of nitrogens with one attached hydrogen (secondary N) is 3. The van der Waals surface area contributed by atoms with Crippen molar-refractivity contribution in [1.82, 2.24) is 10.2 Å². The number of benzene rings is 1. The van der Waals surface area contributed by atoms with Crippen LogP contribution in [-0.2, 0) is 9.53 Å². The summed E-state index contributed by atoms with van der Waals surface area (Å²) in [5.74, 6) is -1.49. The molecule has 2 heterocycles. The third-order valence-electron chi connectivity index (χ3n) is 6.48. The van der Waals surface area contributed by atoms with Gasteiger partial charge in [-0.1, -0.05) is 25.3 Å². The van der Waals surface area contributed by atoms with Gasteiger partial charge in [0.25, 0.3) is 11.8 Å². The molecule has 2 amide bonds. The van der Waals surface area contributed by atoms with Crippen molar-refractivity contribution in [1.29, 1.82) is 0 Å². The van der Waals surface area contributed by atoms with Gasteiger partial charge in [-0.15, -0.1) is 11.3 Å². The Morgan fingerprint density at radius 2 is 1.91 bits per heavy atom. The lowest BCUT2D eigenvalue weighted by Gasteiger charge is -2.32. The molecule has 1 aliphatic carbocycles. The molecule has 0 bridgehead atoms. The van der Waals surface area contributed by atoms with Crippen molar-refractivity contribution in [2.24, 2.45) is 0 Å². The molecule has 9 heteroatoms. The first-order chi connectivity index (χ1) is 16.4. The smallest absolute Gasteiger partial charge is 0.302 e. The van der Waals surface area contributed by atoms with E-state index >= 15 is 0 Å². The van der Waals surface area contributed by atoms with Gasteiger partial charge >= 0.3 is 5.97 Å². The van der Waals surface area contributed by atoms with Crippen LogP contribution in [0.5, 0.6) is 0 Å². The molecule has 1 unspecified atom stereocenters. The standard InChI is InChI=1S/C25H32N4O4S/c1-17(30)33-14-7-13-25(28-23(31)22-10-6-15-34-22)26-20-12-11-18(16-21(20)27-25)24(32)29(2)19-8-4-3-5-9-19/h6,10-12,15-16,19,26-27H,3-5,7-9,13-14H2,1-2H3,(H,28,31). The molecule has 1 aromatic heterocycles. The number of hydrogen-bond donors (Lipinski definition) is 3. The van der Waals surface area contributed by atoms with Crippen LogP contribution >= 0.6 is 11.3 Å². The summed E-state index contributed by atoms with van der Waals surface area (Å²) < 4.78 is 5.08. The molecule has 34 heavy (non-hydrogen) atoms. The lowest BCUT2D eigenvalue weighted by molar-refractivity contribution is -0.141. The Balaban J connectivity index is 1.50. The van der Waals surface area contributed by atoms with Crippen LogP contribution in [0.3, 0.4) is 0 Å². The molecule has 182 valence electrons. The van der Waals surface area contributed by atoms with E-state index in [4.69, 9.17) is 4.74 Å². The third-order valence-corrected chi connectivity index (χ3v) is 7.35. The van der Waals surface area contributed by atoms with Crippen molar-refractivity contribution in [2.75, 3.05) is 24.3 Å². The number of esters is 1. The first-order valence-corrected chi connectivity index (χ1v) is 12.7. The minimum absolute atomic E-state index is 0.00600. The van der Waals surface area contributed by atoms with Gasteiger partial charge in [0, 0.05) is 32.0 Å². The first kappa shape index (κ1) is 24.1. The van der Waals surface area contributed by atoms with E-state index in [1.54, 1.807) is 6.07 Å². The molecule has 0 radical (unpaired) electrons. The summed E-state index contributed by atoms with van der Waals surface area (Å²) in [5, 5.41) is 11.7. The molecule has 0 spiro atoms. The van der Waals surface area contributed by atoms with Crippen LogP contribution < -0.4 is 16.0 Å². The number of carbonyl (C=O) groups is 3. The van der Waals surface area contributed by atoms with E-state index in [0.29, 0.717) is 23.3 Å². The average molecular weight is 485 g/mol. The summed E-state index contributed by atoms with van der Waals surface area (Å²) in [5.41, 5.74) is 2.17. The highest BCUT2D eigenvalue weighted by molar-refractivity contribution is 7.12. The van der Waals surface area contributed by atoms with Crippen LogP contribution in [0.4, 0.5) is 11.4 Å². The van der Waals surface area contributed by atoms with Crippen molar-refractivity contribution >= 4 is 40.5 Å². The molecule has 1 atom stereocenters. The van der Waals surface area contributed by atoms with Gasteiger partial charge in [-0.05, 0) is 48.9 Å². The Hall–Kier alpha value is -3.07. The lowest BCUT2D eigenvalue weighted by atomic mass is 9.94. The summed E-state index contributed by atoms with van der Waals surface area (Å²) in [6.07, 6.45) is 6.67. The van der Waals surface area contributed by atoms with Gasteiger partial charge in [-0.25, -0.2) is 0 Å². The number of nitrogens with zero attached hydrogens (tertiary/aromatic N) is 1. The largest absolute Gasteiger partial charge is 0.466 e. The van der Waals surface area contributed by atoms with E-state index in [2.05, 4.69) is 16.0 Å². The fraction of sp³-hybridized carbons (Fsp3) is 0.480. The predicted octanol–water partition coefficient (Wildman–Crippen LogP) is 4.42. The van der Waals surface area contributed by atoms with Crippen molar-refractivity contribution in [3.8, 4) is 0 Å². The van der Waals surface area contributed by atoms with Gasteiger partial charge in [0.2, 0.25) is 0 Å². The number of ether oxygens (including phenoxy) is 1. The zero-order chi connectivity index (χ0) is 24.1. The second-order valence-electron chi connectivity index (χ2n) is 9.00. The van der Waals surface area contributed by atoms with Crippen molar-refractivity contribution in [2.45, 2.75) is 63.7 Å². The van der Waals surface area contributed by atoms with Gasteiger partial charge < -0.3 is 25.6 Å². The van der Waals surface area contributed by atoms with Gasteiger partial charge in [-0.2, -0.15) is 0 Å². The summed E-state index contributed by atoms with van der Waals surface area (Å²) in [4.78, 5) is 39.7. The molecule has 3 N–H and O–H groups in total. The second kappa shape index (κ2) is 10.5. The van der Waals surface area contributed by atoms with E-state index in [1.165, 1.54) is 24.7 Å². The Kier molecular flexibility index (Phi) is 7.41. The van der Waals surface area contributed by atoms with E-state index in [1.807, 2.05) is 41.6 Å². The van der Waals surface area contributed by atoms with Gasteiger partial charge in [0.1, 0.15) is 0 Å². The van der Waals surface area contributed by atoms with E-state index < -0.39 is 5.79 Å². The fourth-order valence-electron chi connectivity index (χ4n) is 4.68. The highest BCUT2D eigenvalue weighted by Gasteiger charge is 2.38. The summed E-state index contributed by atoms with van der Waals surface area (Å²) >= 11 is 1.37. The first-order valence-electron chi connectivity index (χ1n) is 11.8. The monoisotopic (exact) mass is 484 g/mol. The molecule has 1 aromatic carbocycles. The maximum Gasteiger partial charge on any atom is 0.302 e. The molecule has 2 aromatic rings. The minimum atomic E-state index is -0.958. The molecule has 2 aliphatic rings. The molecule has 1 saturated carbocycles. The Morgan fingerprint density at radius 1 is 1.15 bits per heavy atom. The number of rotatable bonds is 8. The predicted molar refractivity (Wildman–Crippen MR) is 133 cm³/mol. The van der Waals surface area contributed by atoms with Crippen molar-refractivity contribution < 1.29 is 19.1 Å². The number of carbonyl (C=O) groups excluding carboxylic acids is 3. The SMILES string of the molecule is CC(=O)OCCCC1(NC(=O)c2cccs2)Nc2ccc(C(=O)N(C)C3CCCCC3)cc2N1. The second-order valence-corrected chi connectivity index (χ2v) is 9.95. The third kappa shape index (κ3) is 5.52. The maximum absolute atomic E-state index is 13.2. The van der Waals surface area contributed by atoms with Crippen LogP contribution in [0.2, 0.25) is 0 Å². The summed E-state index contributed by atoms with van der Waals surface area (Å²) in [7, 11) is 1.89. The van der Waals surface area contributed by atoms with Crippen LogP contribution in [0, 0.1) is 0 Å². The Labute approximate surface area is 204 Å². The molecular weight excluding hydrogens is 452 g/mol.